The molecule has 3 rings (SSSR count). The van der Waals surface area contributed by atoms with E-state index in [4.69, 9.17) is 9.15 Å². The first-order valence-corrected chi connectivity index (χ1v) is 9.87. The number of carbonyl (C=O) groups excluding carboxylic acids is 2. The molecule has 25 heavy (non-hydrogen) atoms. The van der Waals surface area contributed by atoms with Crippen LogP contribution in [0.4, 0.5) is 0 Å². The quantitative estimate of drug-likeness (QED) is 0.748. The number of carbonyl (C=O) groups is 2. The maximum atomic E-state index is 12.3. The van der Waals surface area contributed by atoms with Gasteiger partial charge in [0.1, 0.15) is 5.58 Å². The molecule has 2 heterocycles. The van der Waals surface area contributed by atoms with Gasteiger partial charge < -0.3 is 14.1 Å². The average molecular weight is 365 g/mol. The molecule has 1 aliphatic heterocycles. The van der Waals surface area contributed by atoms with E-state index in [1.54, 1.807) is 31.2 Å². The van der Waals surface area contributed by atoms with Gasteiger partial charge in [0.15, 0.2) is 16.4 Å². The van der Waals surface area contributed by atoms with Gasteiger partial charge in [-0.05, 0) is 25.5 Å². The summed E-state index contributed by atoms with van der Waals surface area (Å²) in [6.07, 6.45) is 0.416. The highest BCUT2D eigenvalue weighted by Gasteiger charge is 2.34. The Bertz CT molecular complexity index is 868. The number of hydrogen-bond acceptors (Lipinski definition) is 6. The summed E-state index contributed by atoms with van der Waals surface area (Å²) in [6, 6.07) is 8.36. The van der Waals surface area contributed by atoms with Gasteiger partial charge in [0, 0.05) is 18.0 Å². The molecule has 1 unspecified atom stereocenters. The van der Waals surface area contributed by atoms with E-state index in [1.165, 1.54) is 4.90 Å². The lowest BCUT2D eigenvalue weighted by molar-refractivity contribution is -0.136. The summed E-state index contributed by atoms with van der Waals surface area (Å²) in [7, 11) is -3.09. The molecule has 1 aromatic carbocycles. The summed E-state index contributed by atoms with van der Waals surface area (Å²) in [6.45, 7) is 1.69. The van der Waals surface area contributed by atoms with E-state index in [9.17, 15) is 18.0 Å². The second-order valence-electron chi connectivity index (χ2n) is 5.96. The molecule has 0 spiro atoms. The monoisotopic (exact) mass is 365 g/mol. The SMILES string of the molecule is CCN(C(=O)COC(=O)c1cc2ccccc2o1)C1CCS(=O)(=O)C1. The van der Waals surface area contributed by atoms with Gasteiger partial charge in [-0.25, -0.2) is 13.2 Å². The third-order valence-electron chi connectivity index (χ3n) is 4.26. The van der Waals surface area contributed by atoms with Crippen molar-refractivity contribution in [2.45, 2.75) is 19.4 Å². The lowest BCUT2D eigenvalue weighted by atomic mass is 10.2. The number of amides is 1. The highest BCUT2D eigenvalue weighted by Crippen LogP contribution is 2.20. The molecule has 0 bridgehead atoms. The minimum atomic E-state index is -3.09. The van der Waals surface area contributed by atoms with E-state index >= 15 is 0 Å². The number of sulfone groups is 1. The van der Waals surface area contributed by atoms with Crippen LogP contribution in [0.5, 0.6) is 0 Å². The summed E-state index contributed by atoms with van der Waals surface area (Å²) < 4.78 is 33.6. The highest BCUT2D eigenvalue weighted by molar-refractivity contribution is 7.91. The summed E-state index contributed by atoms with van der Waals surface area (Å²) in [5.41, 5.74) is 0.562. The first-order valence-electron chi connectivity index (χ1n) is 8.05. The number of nitrogens with zero attached hydrogens (tertiary/aromatic N) is 1. The van der Waals surface area contributed by atoms with E-state index in [2.05, 4.69) is 0 Å². The van der Waals surface area contributed by atoms with Gasteiger partial charge in [0.05, 0.1) is 11.5 Å². The van der Waals surface area contributed by atoms with Gasteiger partial charge in [0.2, 0.25) is 5.76 Å². The Morgan fingerprint density at radius 1 is 1.32 bits per heavy atom. The standard InChI is InChI=1S/C17H19NO6S/c1-2-18(13-7-8-25(21,22)11-13)16(19)10-23-17(20)15-9-12-5-3-4-6-14(12)24-15/h3-6,9,13H,2,7-8,10-11H2,1H3. The Labute approximate surface area is 145 Å². The molecule has 2 aromatic rings. The smallest absolute Gasteiger partial charge is 0.374 e. The molecule has 1 atom stereocenters. The maximum Gasteiger partial charge on any atom is 0.374 e. The second-order valence-corrected chi connectivity index (χ2v) is 8.19. The predicted octanol–water partition coefficient (Wildman–Crippen LogP) is 1.63. The average Bonchev–Trinajstić information content (AvgIpc) is 3.16. The fourth-order valence-corrected chi connectivity index (χ4v) is 4.75. The summed E-state index contributed by atoms with van der Waals surface area (Å²) >= 11 is 0. The molecule has 1 fully saturated rings. The van der Waals surface area contributed by atoms with Crippen molar-refractivity contribution < 1.29 is 27.2 Å². The molecule has 1 saturated heterocycles. The van der Waals surface area contributed by atoms with Crippen LogP contribution in [-0.4, -0.2) is 55.9 Å². The van der Waals surface area contributed by atoms with Crippen LogP contribution in [0.25, 0.3) is 11.0 Å². The Hall–Kier alpha value is -2.35. The molecule has 1 amide bonds. The zero-order valence-corrected chi connectivity index (χ0v) is 14.6. The molecule has 8 heteroatoms. The molecule has 0 aliphatic carbocycles. The topological polar surface area (TPSA) is 93.9 Å². The van der Waals surface area contributed by atoms with Crippen LogP contribution >= 0.6 is 0 Å². The Morgan fingerprint density at radius 2 is 2.08 bits per heavy atom. The van der Waals surface area contributed by atoms with Crippen molar-refractivity contribution in [3.8, 4) is 0 Å². The molecule has 0 radical (unpaired) electrons. The van der Waals surface area contributed by atoms with E-state index in [-0.39, 0.29) is 23.3 Å². The van der Waals surface area contributed by atoms with Gasteiger partial charge in [-0.2, -0.15) is 0 Å². The minimum Gasteiger partial charge on any atom is -0.450 e. The second kappa shape index (κ2) is 6.87. The first-order chi connectivity index (χ1) is 11.9. The van der Waals surface area contributed by atoms with Crippen molar-refractivity contribution in [3.63, 3.8) is 0 Å². The van der Waals surface area contributed by atoms with Gasteiger partial charge in [0.25, 0.3) is 5.91 Å². The van der Waals surface area contributed by atoms with Gasteiger partial charge in [-0.1, -0.05) is 18.2 Å². The van der Waals surface area contributed by atoms with Crippen LogP contribution in [0.15, 0.2) is 34.7 Å². The Kier molecular flexibility index (Phi) is 4.80. The number of hydrogen-bond donors (Lipinski definition) is 0. The molecule has 1 aliphatic rings. The summed E-state index contributed by atoms with van der Waals surface area (Å²) in [5.74, 6) is -1.06. The van der Waals surface area contributed by atoms with Crippen molar-refractivity contribution in [2.75, 3.05) is 24.7 Å². The van der Waals surface area contributed by atoms with E-state index in [1.807, 2.05) is 6.07 Å². The van der Waals surface area contributed by atoms with Crippen molar-refractivity contribution in [1.29, 1.82) is 0 Å². The number of ether oxygens (including phenoxy) is 1. The zero-order chi connectivity index (χ0) is 18.0. The van der Waals surface area contributed by atoms with Crippen LogP contribution < -0.4 is 0 Å². The number of rotatable bonds is 5. The van der Waals surface area contributed by atoms with Gasteiger partial charge in [-0.3, -0.25) is 4.79 Å². The van der Waals surface area contributed by atoms with Crippen LogP contribution in [0.3, 0.4) is 0 Å². The lowest BCUT2D eigenvalue weighted by Gasteiger charge is -2.26. The predicted molar refractivity (Wildman–Crippen MR) is 90.9 cm³/mol. The van der Waals surface area contributed by atoms with Crippen LogP contribution in [0.1, 0.15) is 23.9 Å². The van der Waals surface area contributed by atoms with E-state index < -0.39 is 28.3 Å². The van der Waals surface area contributed by atoms with Crippen LogP contribution in [0.2, 0.25) is 0 Å². The number of furan rings is 1. The summed E-state index contributed by atoms with van der Waals surface area (Å²) in [4.78, 5) is 25.8. The molecular formula is C17H19NO6S. The minimum absolute atomic E-state index is 0.0282. The molecular weight excluding hydrogens is 346 g/mol. The molecule has 134 valence electrons. The number of likely N-dealkylation sites (N-methyl/N-ethyl adjacent to an activating group) is 1. The fraction of sp³-hybridized carbons (Fsp3) is 0.412. The van der Waals surface area contributed by atoms with Crippen LogP contribution in [-0.2, 0) is 19.4 Å². The Balaban J connectivity index is 1.61. The number of esters is 1. The highest BCUT2D eigenvalue weighted by atomic mass is 32.2. The normalized spacial score (nSPS) is 19.0. The molecule has 7 nitrogen and oxygen atoms in total. The molecule has 1 aromatic heterocycles. The van der Waals surface area contributed by atoms with Crippen molar-refractivity contribution in [1.82, 2.24) is 4.90 Å². The zero-order valence-electron chi connectivity index (χ0n) is 13.8. The number of fused-ring (bicyclic) bond motifs is 1. The third kappa shape index (κ3) is 3.84. The fourth-order valence-electron chi connectivity index (χ4n) is 3.02. The largest absolute Gasteiger partial charge is 0.450 e. The van der Waals surface area contributed by atoms with Crippen molar-refractivity contribution >= 4 is 32.7 Å². The first kappa shape index (κ1) is 17.5. The van der Waals surface area contributed by atoms with E-state index in [0.717, 1.165) is 5.39 Å². The summed E-state index contributed by atoms with van der Waals surface area (Å²) in [5, 5.41) is 0.770. The third-order valence-corrected chi connectivity index (χ3v) is 6.01. The number of para-hydroxylation sites is 1. The lowest BCUT2D eigenvalue weighted by Crippen LogP contribution is -2.43. The number of benzene rings is 1. The van der Waals surface area contributed by atoms with Gasteiger partial charge >= 0.3 is 5.97 Å². The van der Waals surface area contributed by atoms with Gasteiger partial charge in [-0.15, -0.1) is 0 Å². The Morgan fingerprint density at radius 3 is 2.72 bits per heavy atom. The van der Waals surface area contributed by atoms with E-state index in [0.29, 0.717) is 18.5 Å². The molecule has 0 saturated carbocycles. The van der Waals surface area contributed by atoms with Crippen LogP contribution in [0, 0.1) is 0 Å². The van der Waals surface area contributed by atoms with Crippen molar-refractivity contribution in [2.24, 2.45) is 0 Å². The maximum absolute atomic E-state index is 12.3. The molecule has 0 N–H and O–H groups in total. The van der Waals surface area contributed by atoms with Crippen molar-refractivity contribution in [3.05, 3.63) is 36.1 Å².